The van der Waals surface area contributed by atoms with Gasteiger partial charge in [0.25, 0.3) is 0 Å². The SMILES string of the molecule is CCCc1cc2c(=O)c(-c3ccc4c(c3)OCCCO4)coc2cc1OCc1c(F)c(F)c(F)c(F)c1F. The van der Waals surface area contributed by atoms with Gasteiger partial charge in [0, 0.05) is 12.5 Å². The van der Waals surface area contributed by atoms with E-state index in [1.54, 1.807) is 24.3 Å². The molecule has 0 saturated heterocycles. The predicted molar refractivity (Wildman–Crippen MR) is 128 cm³/mol. The summed E-state index contributed by atoms with van der Waals surface area (Å²) in [5, 5.41) is 0.238. The van der Waals surface area contributed by atoms with Crippen molar-refractivity contribution >= 4 is 11.0 Å². The highest BCUT2D eigenvalue weighted by Gasteiger charge is 2.26. The molecule has 3 aromatic carbocycles. The maximum Gasteiger partial charge on any atom is 0.200 e. The van der Waals surface area contributed by atoms with Crippen LogP contribution in [0, 0.1) is 29.1 Å². The van der Waals surface area contributed by atoms with Gasteiger partial charge in [-0.15, -0.1) is 0 Å². The number of hydrogen-bond acceptors (Lipinski definition) is 5. The summed E-state index contributed by atoms with van der Waals surface area (Å²) in [5.74, 6) is -9.09. The molecule has 5 rings (SSSR count). The zero-order valence-corrected chi connectivity index (χ0v) is 20.1. The molecule has 0 bridgehead atoms. The van der Waals surface area contributed by atoms with Gasteiger partial charge < -0.3 is 18.6 Å². The van der Waals surface area contributed by atoms with E-state index in [1.165, 1.54) is 12.3 Å². The van der Waals surface area contributed by atoms with Gasteiger partial charge in [-0.3, -0.25) is 4.79 Å². The molecule has 0 aliphatic carbocycles. The summed E-state index contributed by atoms with van der Waals surface area (Å²) in [6.45, 7) is 1.96. The minimum Gasteiger partial charge on any atom is -0.490 e. The lowest BCUT2D eigenvalue weighted by molar-refractivity contribution is 0.277. The molecule has 0 radical (unpaired) electrons. The number of ether oxygens (including phenoxy) is 3. The van der Waals surface area contributed by atoms with Crippen LogP contribution in [0.15, 0.2) is 45.8 Å². The zero-order chi connectivity index (χ0) is 27.0. The quantitative estimate of drug-likeness (QED) is 0.155. The summed E-state index contributed by atoms with van der Waals surface area (Å²) in [6.07, 6.45) is 3.04. The van der Waals surface area contributed by atoms with Gasteiger partial charge in [0.15, 0.2) is 34.8 Å². The van der Waals surface area contributed by atoms with Gasteiger partial charge in [0.05, 0.1) is 29.7 Å². The van der Waals surface area contributed by atoms with Crippen molar-refractivity contribution in [2.24, 2.45) is 0 Å². The number of fused-ring (bicyclic) bond motifs is 2. The lowest BCUT2D eigenvalue weighted by atomic mass is 10.0. The van der Waals surface area contributed by atoms with Crippen LogP contribution < -0.4 is 19.6 Å². The molecule has 2 heterocycles. The normalized spacial score (nSPS) is 13.0. The molecule has 0 saturated carbocycles. The smallest absolute Gasteiger partial charge is 0.200 e. The minimum absolute atomic E-state index is 0.0924. The highest BCUT2D eigenvalue weighted by atomic mass is 19.2. The van der Waals surface area contributed by atoms with Crippen molar-refractivity contribution in [2.45, 2.75) is 32.8 Å². The number of hydrogen-bond donors (Lipinski definition) is 0. The van der Waals surface area contributed by atoms with E-state index >= 15 is 0 Å². The van der Waals surface area contributed by atoms with Crippen LogP contribution in [0.4, 0.5) is 22.0 Å². The van der Waals surface area contributed by atoms with Crippen molar-refractivity contribution in [3.8, 4) is 28.4 Å². The second-order valence-corrected chi connectivity index (χ2v) is 8.73. The second kappa shape index (κ2) is 10.4. The number of benzene rings is 3. The third-order valence-corrected chi connectivity index (χ3v) is 6.21. The molecule has 0 N–H and O–H groups in total. The summed E-state index contributed by atoms with van der Waals surface area (Å²) in [5.41, 5.74) is 0.0474. The second-order valence-electron chi connectivity index (χ2n) is 8.73. The lowest BCUT2D eigenvalue weighted by Gasteiger charge is -2.14. The first kappa shape index (κ1) is 25.6. The number of halogens is 5. The van der Waals surface area contributed by atoms with Gasteiger partial charge in [0.1, 0.15) is 24.2 Å². The Morgan fingerprint density at radius 2 is 1.55 bits per heavy atom. The van der Waals surface area contributed by atoms with Crippen molar-refractivity contribution in [3.63, 3.8) is 0 Å². The van der Waals surface area contributed by atoms with Crippen LogP contribution in [0.1, 0.15) is 30.9 Å². The lowest BCUT2D eigenvalue weighted by Crippen LogP contribution is -2.11. The largest absolute Gasteiger partial charge is 0.490 e. The molecule has 0 unspecified atom stereocenters. The summed E-state index contributed by atoms with van der Waals surface area (Å²) < 4.78 is 91.3. The molecule has 4 aromatic rings. The van der Waals surface area contributed by atoms with Crippen molar-refractivity contribution in [3.05, 3.63) is 87.0 Å². The van der Waals surface area contributed by atoms with Crippen molar-refractivity contribution in [2.75, 3.05) is 13.2 Å². The van der Waals surface area contributed by atoms with E-state index in [0.717, 1.165) is 6.42 Å². The highest BCUT2D eigenvalue weighted by Crippen LogP contribution is 2.35. The van der Waals surface area contributed by atoms with Crippen LogP contribution in [0.2, 0.25) is 0 Å². The summed E-state index contributed by atoms with van der Waals surface area (Å²) >= 11 is 0. The van der Waals surface area contributed by atoms with E-state index in [9.17, 15) is 26.7 Å². The average Bonchev–Trinajstić information content (AvgIpc) is 3.16. The van der Waals surface area contributed by atoms with Crippen LogP contribution >= 0.6 is 0 Å². The molecule has 10 heteroatoms. The van der Waals surface area contributed by atoms with E-state index in [0.29, 0.717) is 48.7 Å². The Morgan fingerprint density at radius 3 is 2.26 bits per heavy atom. The van der Waals surface area contributed by atoms with Crippen molar-refractivity contribution < 1.29 is 40.6 Å². The number of aryl methyl sites for hydroxylation is 1. The molecule has 0 amide bonds. The first-order valence-electron chi connectivity index (χ1n) is 11.9. The van der Waals surface area contributed by atoms with Crippen LogP contribution in [0.5, 0.6) is 17.2 Å². The maximum atomic E-state index is 14.1. The van der Waals surface area contributed by atoms with Crippen LogP contribution in [-0.2, 0) is 13.0 Å². The van der Waals surface area contributed by atoms with Gasteiger partial charge in [-0.25, -0.2) is 22.0 Å². The molecular formula is C28H21F5O5. The number of rotatable bonds is 6. The molecule has 38 heavy (non-hydrogen) atoms. The Morgan fingerprint density at radius 1 is 0.868 bits per heavy atom. The van der Waals surface area contributed by atoms with E-state index in [4.69, 9.17) is 18.6 Å². The molecule has 5 nitrogen and oxygen atoms in total. The first-order chi connectivity index (χ1) is 18.3. The van der Waals surface area contributed by atoms with Gasteiger partial charge >= 0.3 is 0 Å². The predicted octanol–water partition coefficient (Wildman–Crippen LogP) is 6.85. The summed E-state index contributed by atoms with van der Waals surface area (Å²) in [7, 11) is 0. The third kappa shape index (κ3) is 4.55. The van der Waals surface area contributed by atoms with Gasteiger partial charge in [0.2, 0.25) is 11.2 Å². The van der Waals surface area contributed by atoms with Crippen molar-refractivity contribution in [1.29, 1.82) is 0 Å². The fourth-order valence-electron chi connectivity index (χ4n) is 4.26. The van der Waals surface area contributed by atoms with Gasteiger partial charge in [-0.1, -0.05) is 19.4 Å². The molecule has 0 atom stereocenters. The topological polar surface area (TPSA) is 57.9 Å². The van der Waals surface area contributed by atoms with E-state index in [2.05, 4.69) is 0 Å². The monoisotopic (exact) mass is 532 g/mol. The Labute approximate surface area is 213 Å². The van der Waals surface area contributed by atoms with Crippen LogP contribution in [0.3, 0.4) is 0 Å². The highest BCUT2D eigenvalue weighted by molar-refractivity contribution is 5.84. The Hall–Kier alpha value is -4.08. The van der Waals surface area contributed by atoms with Crippen molar-refractivity contribution in [1.82, 2.24) is 0 Å². The maximum absolute atomic E-state index is 14.1. The molecule has 1 aromatic heterocycles. The molecular weight excluding hydrogens is 511 g/mol. The fraction of sp³-hybridized carbons (Fsp3) is 0.250. The standard InChI is InChI=1S/C28H21F5O5/c1-2-4-15-9-16-21(11-20(15)37-13-18-23(29)25(31)27(33)26(32)24(18)30)38-12-17(28(16)34)14-5-6-19-22(10-14)36-8-3-7-35-19/h5-6,9-12H,2-4,7-8,13H2,1H3. The Balaban J connectivity index is 1.52. The van der Waals surface area contributed by atoms with Crippen LogP contribution in [0.25, 0.3) is 22.1 Å². The molecule has 0 spiro atoms. The molecule has 1 aliphatic heterocycles. The fourth-order valence-corrected chi connectivity index (χ4v) is 4.26. The Kier molecular flexibility index (Phi) is 6.96. The van der Waals surface area contributed by atoms with E-state index in [-0.39, 0.29) is 27.7 Å². The zero-order valence-electron chi connectivity index (χ0n) is 20.1. The van der Waals surface area contributed by atoms with E-state index < -0.39 is 41.3 Å². The molecule has 0 fully saturated rings. The summed E-state index contributed by atoms with van der Waals surface area (Å²) in [6, 6.07) is 8.06. The first-order valence-corrected chi connectivity index (χ1v) is 11.9. The molecule has 198 valence electrons. The average molecular weight is 532 g/mol. The Bertz CT molecular complexity index is 1570. The van der Waals surface area contributed by atoms with Gasteiger partial charge in [-0.05, 0) is 35.7 Å². The van der Waals surface area contributed by atoms with Gasteiger partial charge in [-0.2, -0.15) is 0 Å². The third-order valence-electron chi connectivity index (χ3n) is 6.21. The van der Waals surface area contributed by atoms with Crippen LogP contribution in [-0.4, -0.2) is 13.2 Å². The summed E-state index contributed by atoms with van der Waals surface area (Å²) in [4.78, 5) is 13.4. The van der Waals surface area contributed by atoms with E-state index in [1.807, 2.05) is 6.92 Å². The minimum atomic E-state index is -2.24. The molecule has 1 aliphatic rings.